The third kappa shape index (κ3) is 2.32. The Labute approximate surface area is 84.4 Å². The van der Waals surface area contributed by atoms with E-state index in [1.54, 1.807) is 11.3 Å². The van der Waals surface area contributed by atoms with Crippen LogP contribution in [0.4, 0.5) is 0 Å². The Bertz CT molecular complexity index is 265. The van der Waals surface area contributed by atoms with Crippen LogP contribution in [0.5, 0.6) is 0 Å². The largest absolute Gasteiger partial charge is 0.388 e. The molecule has 1 nitrogen and oxygen atoms in total. The van der Waals surface area contributed by atoms with E-state index in [4.69, 9.17) is 0 Å². The van der Waals surface area contributed by atoms with E-state index in [1.165, 1.54) is 5.56 Å². The van der Waals surface area contributed by atoms with Crippen LogP contribution in [0.25, 0.3) is 0 Å². The number of aliphatic hydroxyl groups is 1. The topological polar surface area (TPSA) is 20.2 Å². The van der Waals surface area contributed by atoms with E-state index in [2.05, 4.69) is 38.5 Å². The zero-order valence-corrected chi connectivity index (χ0v) is 9.56. The summed E-state index contributed by atoms with van der Waals surface area (Å²) < 4.78 is 0. The van der Waals surface area contributed by atoms with Crippen LogP contribution in [0.2, 0.25) is 0 Å². The summed E-state index contributed by atoms with van der Waals surface area (Å²) in [5.41, 5.74) is 2.32. The first-order valence-electron chi connectivity index (χ1n) is 4.74. The summed E-state index contributed by atoms with van der Waals surface area (Å²) in [5, 5.41) is 14.2. The number of aliphatic hydroxyl groups excluding tert-OH is 1. The predicted octanol–water partition coefficient (Wildman–Crippen LogP) is 3.38. The highest BCUT2D eigenvalue weighted by Gasteiger charge is 2.21. The molecule has 2 unspecified atom stereocenters. The van der Waals surface area contributed by atoms with E-state index in [9.17, 15) is 5.11 Å². The molecule has 0 amide bonds. The maximum atomic E-state index is 10.0. The molecule has 2 heteroatoms. The lowest BCUT2D eigenvalue weighted by Crippen LogP contribution is -2.14. The molecule has 1 aromatic heterocycles. The zero-order chi connectivity index (χ0) is 10.0. The second-order valence-electron chi connectivity index (χ2n) is 4.06. The molecule has 1 aromatic rings. The van der Waals surface area contributed by atoms with Crippen LogP contribution in [0.1, 0.15) is 38.0 Å². The molecule has 1 N–H and O–H groups in total. The number of rotatable bonds is 3. The van der Waals surface area contributed by atoms with Crippen LogP contribution < -0.4 is 0 Å². The summed E-state index contributed by atoms with van der Waals surface area (Å²) in [5.74, 6) is 0.850. The number of thiophene rings is 1. The van der Waals surface area contributed by atoms with Crippen molar-refractivity contribution in [1.82, 2.24) is 0 Å². The summed E-state index contributed by atoms with van der Waals surface area (Å²) >= 11 is 1.66. The highest BCUT2D eigenvalue weighted by molar-refractivity contribution is 7.08. The van der Waals surface area contributed by atoms with Gasteiger partial charge in [-0.1, -0.05) is 20.8 Å². The van der Waals surface area contributed by atoms with Crippen LogP contribution in [0.3, 0.4) is 0 Å². The molecular formula is C11H18OS. The summed E-state index contributed by atoms with van der Waals surface area (Å²) in [6.07, 6.45) is -0.300. The summed E-state index contributed by atoms with van der Waals surface area (Å²) in [6.45, 7) is 8.46. The first kappa shape index (κ1) is 10.7. The van der Waals surface area contributed by atoms with Crippen molar-refractivity contribution in [2.75, 3.05) is 0 Å². The molecule has 0 aliphatic heterocycles. The molecule has 1 rings (SSSR count). The van der Waals surface area contributed by atoms with E-state index in [-0.39, 0.29) is 6.10 Å². The van der Waals surface area contributed by atoms with E-state index in [1.807, 2.05) is 0 Å². The van der Waals surface area contributed by atoms with E-state index >= 15 is 0 Å². The Morgan fingerprint density at radius 1 is 1.23 bits per heavy atom. The quantitative estimate of drug-likeness (QED) is 0.789. The SMILES string of the molecule is Cc1cscc1C(O)C(C)C(C)C. The maximum absolute atomic E-state index is 10.0. The third-order valence-electron chi connectivity index (χ3n) is 2.76. The summed E-state index contributed by atoms with van der Waals surface area (Å²) in [4.78, 5) is 0. The fourth-order valence-corrected chi connectivity index (χ4v) is 2.20. The predicted molar refractivity (Wildman–Crippen MR) is 58.0 cm³/mol. The second-order valence-corrected chi connectivity index (χ2v) is 4.80. The third-order valence-corrected chi connectivity index (χ3v) is 3.64. The van der Waals surface area contributed by atoms with Gasteiger partial charge in [-0.05, 0) is 40.6 Å². The van der Waals surface area contributed by atoms with E-state index < -0.39 is 0 Å². The minimum atomic E-state index is -0.300. The monoisotopic (exact) mass is 198 g/mol. The Hall–Kier alpha value is -0.340. The molecule has 0 aliphatic carbocycles. The van der Waals surface area contributed by atoms with Crippen molar-refractivity contribution in [3.8, 4) is 0 Å². The molecule has 0 saturated carbocycles. The van der Waals surface area contributed by atoms with Crippen molar-refractivity contribution in [1.29, 1.82) is 0 Å². The van der Waals surface area contributed by atoms with Crippen LogP contribution in [-0.4, -0.2) is 5.11 Å². The van der Waals surface area contributed by atoms with Gasteiger partial charge in [0.05, 0.1) is 6.10 Å². The first-order valence-corrected chi connectivity index (χ1v) is 5.69. The lowest BCUT2D eigenvalue weighted by molar-refractivity contribution is 0.0920. The molecule has 74 valence electrons. The first-order chi connectivity index (χ1) is 6.04. The average molecular weight is 198 g/mol. The highest BCUT2D eigenvalue weighted by Crippen LogP contribution is 2.31. The molecule has 0 saturated heterocycles. The molecular weight excluding hydrogens is 180 g/mol. The molecule has 0 aromatic carbocycles. The molecule has 2 atom stereocenters. The average Bonchev–Trinajstić information content (AvgIpc) is 2.48. The van der Waals surface area contributed by atoms with E-state index in [0.29, 0.717) is 11.8 Å². The van der Waals surface area contributed by atoms with Gasteiger partial charge < -0.3 is 5.11 Å². The molecule has 0 aliphatic rings. The highest BCUT2D eigenvalue weighted by atomic mass is 32.1. The lowest BCUT2D eigenvalue weighted by atomic mass is 9.88. The Kier molecular flexibility index (Phi) is 3.51. The van der Waals surface area contributed by atoms with Crippen molar-refractivity contribution in [3.63, 3.8) is 0 Å². The van der Waals surface area contributed by atoms with Crippen LogP contribution in [0, 0.1) is 18.8 Å². The van der Waals surface area contributed by atoms with Gasteiger partial charge in [-0.2, -0.15) is 11.3 Å². The van der Waals surface area contributed by atoms with Crippen molar-refractivity contribution in [2.24, 2.45) is 11.8 Å². The Morgan fingerprint density at radius 2 is 1.85 bits per heavy atom. The zero-order valence-electron chi connectivity index (χ0n) is 8.74. The van der Waals surface area contributed by atoms with Gasteiger partial charge >= 0.3 is 0 Å². The second kappa shape index (κ2) is 4.25. The summed E-state index contributed by atoms with van der Waals surface area (Å²) in [7, 11) is 0. The lowest BCUT2D eigenvalue weighted by Gasteiger charge is -2.22. The van der Waals surface area contributed by atoms with Gasteiger partial charge in [-0.15, -0.1) is 0 Å². The van der Waals surface area contributed by atoms with Gasteiger partial charge in [0.25, 0.3) is 0 Å². The number of hydrogen-bond acceptors (Lipinski definition) is 2. The molecule has 0 radical (unpaired) electrons. The molecule has 0 bridgehead atoms. The van der Waals surface area contributed by atoms with E-state index in [0.717, 1.165) is 5.56 Å². The molecule has 13 heavy (non-hydrogen) atoms. The maximum Gasteiger partial charge on any atom is 0.0828 e. The van der Waals surface area contributed by atoms with Crippen LogP contribution in [-0.2, 0) is 0 Å². The fraction of sp³-hybridized carbons (Fsp3) is 0.636. The van der Waals surface area contributed by atoms with Gasteiger partial charge in [0, 0.05) is 0 Å². The Morgan fingerprint density at radius 3 is 2.23 bits per heavy atom. The minimum Gasteiger partial charge on any atom is -0.388 e. The van der Waals surface area contributed by atoms with Crippen LogP contribution >= 0.6 is 11.3 Å². The fourth-order valence-electron chi connectivity index (χ4n) is 1.32. The standard InChI is InChI=1S/C11H18OS/c1-7(2)9(4)11(12)10-6-13-5-8(10)3/h5-7,9,11-12H,1-4H3. The molecule has 0 spiro atoms. The molecule has 0 fully saturated rings. The number of hydrogen-bond donors (Lipinski definition) is 1. The number of aryl methyl sites for hydroxylation is 1. The summed E-state index contributed by atoms with van der Waals surface area (Å²) in [6, 6.07) is 0. The van der Waals surface area contributed by atoms with Gasteiger partial charge in [0.15, 0.2) is 0 Å². The smallest absolute Gasteiger partial charge is 0.0828 e. The molecule has 1 heterocycles. The minimum absolute atomic E-state index is 0.300. The van der Waals surface area contributed by atoms with Gasteiger partial charge in [0.1, 0.15) is 0 Å². The van der Waals surface area contributed by atoms with Gasteiger partial charge in [-0.3, -0.25) is 0 Å². The van der Waals surface area contributed by atoms with Crippen molar-refractivity contribution in [2.45, 2.75) is 33.8 Å². The van der Waals surface area contributed by atoms with Gasteiger partial charge in [0.2, 0.25) is 0 Å². The van der Waals surface area contributed by atoms with Gasteiger partial charge in [-0.25, -0.2) is 0 Å². The van der Waals surface area contributed by atoms with Crippen molar-refractivity contribution < 1.29 is 5.11 Å². The van der Waals surface area contributed by atoms with Crippen molar-refractivity contribution in [3.05, 3.63) is 21.9 Å². The van der Waals surface area contributed by atoms with Crippen molar-refractivity contribution >= 4 is 11.3 Å². The normalized spacial score (nSPS) is 16.2. The van der Waals surface area contributed by atoms with Crippen LogP contribution in [0.15, 0.2) is 10.8 Å². The Balaban J connectivity index is 2.79.